The Morgan fingerprint density at radius 1 is 1.37 bits per heavy atom. The number of nitrogens with one attached hydrogen (secondary N) is 1. The number of aryl methyl sites for hydroxylation is 1. The molecule has 2 heterocycles. The zero-order valence-corrected chi connectivity index (χ0v) is 16.4. The number of oxazole rings is 1. The molecule has 0 bridgehead atoms. The van der Waals surface area contributed by atoms with Gasteiger partial charge in [-0.15, -0.1) is 0 Å². The van der Waals surface area contributed by atoms with E-state index >= 15 is 0 Å². The number of carbonyl (C=O) groups is 3. The molecule has 0 spiro atoms. The first-order valence-electron chi connectivity index (χ1n) is 9.33. The molecule has 0 unspecified atom stereocenters. The molecule has 1 aromatic rings. The maximum absolute atomic E-state index is 12.9. The van der Waals surface area contributed by atoms with Crippen LogP contribution < -0.4 is 5.32 Å². The predicted octanol–water partition coefficient (Wildman–Crippen LogP) is 1.52. The van der Waals surface area contributed by atoms with Gasteiger partial charge in [0, 0.05) is 32.1 Å². The van der Waals surface area contributed by atoms with Crippen molar-refractivity contribution in [2.75, 3.05) is 19.6 Å². The number of amides is 3. The zero-order chi connectivity index (χ0) is 20.0. The van der Waals surface area contributed by atoms with Gasteiger partial charge < -0.3 is 19.5 Å². The number of carbonyl (C=O) groups excluding carboxylic acids is 3. The summed E-state index contributed by atoms with van der Waals surface area (Å²) >= 11 is 0. The summed E-state index contributed by atoms with van der Waals surface area (Å²) in [7, 11) is 0. The molecule has 1 aliphatic rings. The number of likely N-dealkylation sites (tertiary alicyclic amines) is 1. The molecule has 0 aliphatic carbocycles. The van der Waals surface area contributed by atoms with Gasteiger partial charge in [-0.3, -0.25) is 14.4 Å². The standard InChI is InChI=1S/C19H28N4O4/c1-5-8-9-16(24)23-11-14(10-15(23)19(26)22(6-2)7-3)21-18(25)17-13(4)27-12-20-17/h5,8,12,14-15H,6-7,9-11H2,1-4H3,(H,21,25)/b8-5+/t14-,15+/m1/s1. The number of rotatable bonds is 7. The molecule has 2 atom stereocenters. The average molecular weight is 376 g/mol. The molecule has 0 saturated carbocycles. The molecule has 2 rings (SSSR count). The summed E-state index contributed by atoms with van der Waals surface area (Å²) in [5.74, 6) is -0.124. The molecule has 8 nitrogen and oxygen atoms in total. The van der Waals surface area contributed by atoms with Gasteiger partial charge in [-0.1, -0.05) is 12.2 Å². The number of allylic oxidation sites excluding steroid dienone is 1. The monoisotopic (exact) mass is 376 g/mol. The van der Waals surface area contributed by atoms with Crippen LogP contribution in [0, 0.1) is 6.92 Å². The molecule has 0 radical (unpaired) electrons. The predicted molar refractivity (Wildman–Crippen MR) is 100.0 cm³/mol. The zero-order valence-electron chi connectivity index (χ0n) is 16.4. The van der Waals surface area contributed by atoms with Crippen LogP contribution in [0.3, 0.4) is 0 Å². The highest BCUT2D eigenvalue weighted by Gasteiger charge is 2.41. The molecule has 1 aliphatic heterocycles. The van der Waals surface area contributed by atoms with Gasteiger partial charge in [0.15, 0.2) is 12.1 Å². The molecule has 1 N–H and O–H groups in total. The van der Waals surface area contributed by atoms with E-state index in [1.54, 1.807) is 22.8 Å². The first-order valence-corrected chi connectivity index (χ1v) is 9.33. The second-order valence-electron chi connectivity index (χ2n) is 6.51. The first kappa shape index (κ1) is 20.7. The van der Waals surface area contributed by atoms with Gasteiger partial charge in [0.25, 0.3) is 5.91 Å². The fourth-order valence-corrected chi connectivity index (χ4v) is 3.31. The Balaban J connectivity index is 2.15. The minimum atomic E-state index is -0.564. The highest BCUT2D eigenvalue weighted by molar-refractivity contribution is 5.94. The number of likely N-dealkylation sites (N-methyl/N-ethyl adjacent to an activating group) is 1. The van der Waals surface area contributed by atoms with Crippen molar-refractivity contribution in [1.29, 1.82) is 0 Å². The largest absolute Gasteiger partial charge is 0.448 e. The van der Waals surface area contributed by atoms with Crippen LogP contribution in [0.25, 0.3) is 0 Å². The van der Waals surface area contributed by atoms with E-state index in [-0.39, 0.29) is 35.9 Å². The van der Waals surface area contributed by atoms with Gasteiger partial charge in [0.1, 0.15) is 11.8 Å². The van der Waals surface area contributed by atoms with Crippen LogP contribution in [0.2, 0.25) is 0 Å². The molecule has 1 aromatic heterocycles. The number of hydrogen-bond acceptors (Lipinski definition) is 5. The van der Waals surface area contributed by atoms with Crippen molar-refractivity contribution in [3.8, 4) is 0 Å². The highest BCUT2D eigenvalue weighted by atomic mass is 16.3. The summed E-state index contributed by atoms with van der Waals surface area (Å²) in [6.45, 7) is 8.80. The third-order valence-electron chi connectivity index (χ3n) is 4.80. The van der Waals surface area contributed by atoms with Crippen molar-refractivity contribution in [3.05, 3.63) is 30.0 Å². The van der Waals surface area contributed by atoms with E-state index in [1.807, 2.05) is 26.8 Å². The Labute approximate surface area is 159 Å². The Hall–Kier alpha value is -2.64. The van der Waals surface area contributed by atoms with E-state index in [0.29, 0.717) is 31.8 Å². The SMILES string of the molecule is C/C=C/CC(=O)N1C[C@H](NC(=O)c2ncoc2C)C[C@H]1C(=O)N(CC)CC. The van der Waals surface area contributed by atoms with Crippen LogP contribution in [0.5, 0.6) is 0 Å². The van der Waals surface area contributed by atoms with Crippen LogP contribution in [0.15, 0.2) is 23.0 Å². The van der Waals surface area contributed by atoms with Gasteiger partial charge in [-0.05, 0) is 34.1 Å². The summed E-state index contributed by atoms with van der Waals surface area (Å²) in [6.07, 6.45) is 5.42. The molecule has 1 fully saturated rings. The lowest BCUT2D eigenvalue weighted by molar-refractivity contribution is -0.143. The number of nitrogens with zero attached hydrogens (tertiary/aromatic N) is 3. The molecular formula is C19H28N4O4. The van der Waals surface area contributed by atoms with E-state index in [2.05, 4.69) is 10.3 Å². The van der Waals surface area contributed by atoms with Crippen LogP contribution in [0.1, 0.15) is 49.9 Å². The van der Waals surface area contributed by atoms with E-state index < -0.39 is 6.04 Å². The van der Waals surface area contributed by atoms with Gasteiger partial charge in [-0.25, -0.2) is 4.98 Å². The summed E-state index contributed by atoms with van der Waals surface area (Å²) in [4.78, 5) is 45.1. The molecule has 27 heavy (non-hydrogen) atoms. The van der Waals surface area contributed by atoms with Gasteiger partial charge in [0.2, 0.25) is 11.8 Å². The lowest BCUT2D eigenvalue weighted by Crippen LogP contribution is -2.47. The summed E-state index contributed by atoms with van der Waals surface area (Å²) in [5, 5.41) is 2.88. The number of hydrogen-bond donors (Lipinski definition) is 1. The Bertz CT molecular complexity index is 708. The Kier molecular flexibility index (Phi) is 7.15. The third kappa shape index (κ3) is 4.75. The van der Waals surface area contributed by atoms with Gasteiger partial charge >= 0.3 is 0 Å². The molecule has 148 valence electrons. The second-order valence-corrected chi connectivity index (χ2v) is 6.51. The molecule has 0 aromatic carbocycles. The fourth-order valence-electron chi connectivity index (χ4n) is 3.31. The van der Waals surface area contributed by atoms with E-state index in [9.17, 15) is 14.4 Å². The van der Waals surface area contributed by atoms with Crippen molar-refractivity contribution in [2.45, 2.75) is 52.6 Å². The maximum atomic E-state index is 12.9. The third-order valence-corrected chi connectivity index (χ3v) is 4.80. The molecule has 1 saturated heterocycles. The minimum absolute atomic E-state index is 0.0804. The molecular weight excluding hydrogens is 348 g/mol. The summed E-state index contributed by atoms with van der Waals surface area (Å²) in [6, 6.07) is -0.876. The molecule has 8 heteroatoms. The topological polar surface area (TPSA) is 95.7 Å². The van der Waals surface area contributed by atoms with E-state index in [0.717, 1.165) is 0 Å². The van der Waals surface area contributed by atoms with Crippen LogP contribution >= 0.6 is 0 Å². The van der Waals surface area contributed by atoms with Crippen LogP contribution in [-0.4, -0.2) is 64.2 Å². The van der Waals surface area contributed by atoms with Crippen LogP contribution in [0.4, 0.5) is 0 Å². The highest BCUT2D eigenvalue weighted by Crippen LogP contribution is 2.22. The fraction of sp³-hybridized carbons (Fsp3) is 0.579. The average Bonchev–Trinajstić information content (AvgIpc) is 3.26. The van der Waals surface area contributed by atoms with E-state index in [1.165, 1.54) is 6.39 Å². The maximum Gasteiger partial charge on any atom is 0.273 e. The number of aromatic nitrogens is 1. The Morgan fingerprint density at radius 3 is 2.63 bits per heavy atom. The smallest absolute Gasteiger partial charge is 0.273 e. The Morgan fingerprint density at radius 2 is 2.07 bits per heavy atom. The van der Waals surface area contributed by atoms with Crippen molar-refractivity contribution < 1.29 is 18.8 Å². The van der Waals surface area contributed by atoms with Gasteiger partial charge in [0.05, 0.1) is 0 Å². The summed E-state index contributed by atoms with van der Waals surface area (Å²) in [5.41, 5.74) is 0.223. The summed E-state index contributed by atoms with van der Waals surface area (Å²) < 4.78 is 5.07. The lowest BCUT2D eigenvalue weighted by Gasteiger charge is -2.28. The second kappa shape index (κ2) is 9.34. The normalized spacial score (nSPS) is 19.5. The molecule has 3 amide bonds. The van der Waals surface area contributed by atoms with Crippen molar-refractivity contribution in [1.82, 2.24) is 20.1 Å². The minimum Gasteiger partial charge on any atom is -0.448 e. The quantitative estimate of drug-likeness (QED) is 0.728. The van der Waals surface area contributed by atoms with Crippen molar-refractivity contribution >= 4 is 17.7 Å². The lowest BCUT2D eigenvalue weighted by atomic mass is 10.1. The van der Waals surface area contributed by atoms with E-state index in [4.69, 9.17) is 4.42 Å². The first-order chi connectivity index (χ1) is 12.9. The van der Waals surface area contributed by atoms with Crippen molar-refractivity contribution in [2.24, 2.45) is 0 Å². The van der Waals surface area contributed by atoms with Crippen molar-refractivity contribution in [3.63, 3.8) is 0 Å². The van der Waals surface area contributed by atoms with Gasteiger partial charge in [-0.2, -0.15) is 0 Å². The van der Waals surface area contributed by atoms with Crippen LogP contribution in [-0.2, 0) is 9.59 Å².